The number of nitrogens with one attached hydrogen (secondary N) is 1. The minimum absolute atomic E-state index is 0.0631. The minimum Gasteiger partial charge on any atom is -0.352 e. The van der Waals surface area contributed by atoms with Crippen molar-refractivity contribution in [2.45, 2.75) is 45.8 Å². The second kappa shape index (κ2) is 10.3. The molecule has 0 aliphatic heterocycles. The van der Waals surface area contributed by atoms with Gasteiger partial charge in [0.25, 0.3) is 0 Å². The van der Waals surface area contributed by atoms with Crippen LogP contribution >= 0.6 is 34.8 Å². The topological polar surface area (TPSA) is 49.4 Å². The van der Waals surface area contributed by atoms with E-state index in [1.165, 1.54) is 23.1 Å². The molecule has 4 nitrogen and oxygen atoms in total. The van der Waals surface area contributed by atoms with Crippen LogP contribution in [0.25, 0.3) is 0 Å². The molecular weight excluding hydrogens is 438 g/mol. The number of nitrogens with zero attached hydrogens (tertiary/aromatic N) is 1. The predicted octanol–water partition coefficient (Wildman–Crippen LogP) is 5.27. The summed E-state index contributed by atoms with van der Waals surface area (Å²) < 4.78 is 14.2. The van der Waals surface area contributed by atoms with Crippen molar-refractivity contribution < 1.29 is 14.0 Å². The molecule has 0 aromatic heterocycles. The summed E-state index contributed by atoms with van der Waals surface area (Å²) in [7, 11) is 0. The van der Waals surface area contributed by atoms with Crippen LogP contribution in [0.3, 0.4) is 0 Å². The Morgan fingerprint density at radius 3 is 2.34 bits per heavy atom. The molecule has 0 fully saturated rings. The SMILES string of the molecule is CC(C)NC(=O)C(C)N(Cc1ccc(Cl)cc1Cl)C(=O)Cc1c(F)cccc1Cl. The summed E-state index contributed by atoms with van der Waals surface area (Å²) in [6, 6.07) is 8.23. The fraction of sp³-hybridized carbons (Fsp3) is 0.333. The summed E-state index contributed by atoms with van der Waals surface area (Å²) in [5.74, 6) is -1.35. The van der Waals surface area contributed by atoms with Crippen LogP contribution in [-0.2, 0) is 22.6 Å². The number of halogens is 4. The van der Waals surface area contributed by atoms with Crippen LogP contribution in [0.5, 0.6) is 0 Å². The largest absolute Gasteiger partial charge is 0.352 e. The van der Waals surface area contributed by atoms with Crippen LogP contribution in [0.15, 0.2) is 36.4 Å². The minimum atomic E-state index is -0.804. The Hall–Kier alpha value is -1.82. The van der Waals surface area contributed by atoms with Crippen molar-refractivity contribution in [3.63, 3.8) is 0 Å². The summed E-state index contributed by atoms with van der Waals surface area (Å²) >= 11 is 18.3. The number of rotatable bonds is 7. The van der Waals surface area contributed by atoms with Gasteiger partial charge in [0, 0.05) is 33.2 Å². The van der Waals surface area contributed by atoms with E-state index >= 15 is 0 Å². The van der Waals surface area contributed by atoms with Gasteiger partial charge in [0.2, 0.25) is 11.8 Å². The Morgan fingerprint density at radius 2 is 1.76 bits per heavy atom. The zero-order valence-corrected chi connectivity index (χ0v) is 18.6. The lowest BCUT2D eigenvalue weighted by Gasteiger charge is -2.30. The molecular formula is C21H22Cl3FN2O2. The Balaban J connectivity index is 2.34. The summed E-state index contributed by atoms with van der Waals surface area (Å²) in [6.45, 7) is 5.33. The third kappa shape index (κ3) is 6.33. The quantitative estimate of drug-likeness (QED) is 0.613. The first-order valence-electron chi connectivity index (χ1n) is 9.06. The molecule has 0 radical (unpaired) electrons. The number of hydrogen-bond acceptors (Lipinski definition) is 2. The van der Waals surface area contributed by atoms with Gasteiger partial charge in [-0.05, 0) is 50.6 Å². The van der Waals surface area contributed by atoms with Crippen LogP contribution < -0.4 is 5.32 Å². The van der Waals surface area contributed by atoms with Gasteiger partial charge in [0.1, 0.15) is 11.9 Å². The average Bonchev–Trinajstić information content (AvgIpc) is 2.63. The van der Waals surface area contributed by atoms with Gasteiger partial charge in [-0.2, -0.15) is 0 Å². The lowest BCUT2D eigenvalue weighted by molar-refractivity contribution is -0.140. The number of carbonyl (C=O) groups is 2. The van der Waals surface area contributed by atoms with Gasteiger partial charge in [-0.3, -0.25) is 9.59 Å². The fourth-order valence-corrected chi connectivity index (χ4v) is 3.47. The first-order chi connectivity index (χ1) is 13.6. The number of hydrogen-bond donors (Lipinski definition) is 1. The molecule has 2 aromatic rings. The maximum atomic E-state index is 14.2. The highest BCUT2D eigenvalue weighted by Gasteiger charge is 2.28. The van der Waals surface area contributed by atoms with Gasteiger partial charge in [-0.25, -0.2) is 4.39 Å². The highest BCUT2D eigenvalue weighted by Crippen LogP contribution is 2.25. The van der Waals surface area contributed by atoms with E-state index in [-0.39, 0.29) is 35.5 Å². The van der Waals surface area contributed by atoms with E-state index in [2.05, 4.69) is 5.32 Å². The van der Waals surface area contributed by atoms with E-state index in [4.69, 9.17) is 34.8 Å². The smallest absolute Gasteiger partial charge is 0.242 e. The van der Waals surface area contributed by atoms with Gasteiger partial charge >= 0.3 is 0 Å². The van der Waals surface area contributed by atoms with Crippen molar-refractivity contribution >= 4 is 46.6 Å². The Labute approximate surface area is 184 Å². The van der Waals surface area contributed by atoms with Gasteiger partial charge in [-0.1, -0.05) is 46.9 Å². The number of carbonyl (C=O) groups excluding carboxylic acids is 2. The molecule has 156 valence electrons. The van der Waals surface area contributed by atoms with Gasteiger partial charge in [-0.15, -0.1) is 0 Å². The molecule has 1 N–H and O–H groups in total. The Bertz CT molecular complexity index is 885. The standard InChI is InChI=1S/C21H22Cl3FN2O2/c1-12(2)26-21(29)13(3)27(11-14-7-8-15(22)9-18(14)24)20(28)10-16-17(23)5-4-6-19(16)25/h4-9,12-13H,10-11H2,1-3H3,(H,26,29). The van der Waals surface area contributed by atoms with Gasteiger partial charge < -0.3 is 10.2 Å². The number of amides is 2. The molecule has 0 aliphatic rings. The fourth-order valence-electron chi connectivity index (χ4n) is 2.78. The zero-order chi connectivity index (χ0) is 21.7. The third-order valence-electron chi connectivity index (χ3n) is 4.34. The van der Waals surface area contributed by atoms with Gasteiger partial charge in [0.05, 0.1) is 6.42 Å². The van der Waals surface area contributed by atoms with Crippen LogP contribution in [0.4, 0.5) is 4.39 Å². The molecule has 0 bridgehead atoms. The molecule has 1 atom stereocenters. The lowest BCUT2D eigenvalue weighted by Crippen LogP contribution is -2.49. The summed E-state index contributed by atoms with van der Waals surface area (Å²) in [6.07, 6.45) is -0.282. The number of benzene rings is 2. The van der Waals surface area contributed by atoms with E-state index in [0.29, 0.717) is 15.6 Å². The molecule has 0 aliphatic carbocycles. The molecule has 0 heterocycles. The van der Waals surface area contributed by atoms with Crippen LogP contribution in [0, 0.1) is 5.82 Å². The summed E-state index contributed by atoms with van der Waals surface area (Å²) in [5.41, 5.74) is 0.705. The second-order valence-electron chi connectivity index (χ2n) is 6.97. The normalized spacial score (nSPS) is 12.0. The van der Waals surface area contributed by atoms with E-state index < -0.39 is 17.8 Å². The monoisotopic (exact) mass is 458 g/mol. The van der Waals surface area contributed by atoms with Crippen LogP contribution in [-0.4, -0.2) is 28.8 Å². The van der Waals surface area contributed by atoms with Gasteiger partial charge in [0.15, 0.2) is 0 Å². The van der Waals surface area contributed by atoms with Crippen molar-refractivity contribution in [3.05, 3.63) is 68.4 Å². The highest BCUT2D eigenvalue weighted by molar-refractivity contribution is 6.35. The molecule has 0 saturated heterocycles. The molecule has 2 rings (SSSR count). The maximum Gasteiger partial charge on any atom is 0.242 e. The maximum absolute atomic E-state index is 14.2. The van der Waals surface area contributed by atoms with Crippen molar-refractivity contribution in [1.82, 2.24) is 10.2 Å². The van der Waals surface area contributed by atoms with Crippen LogP contribution in [0.2, 0.25) is 15.1 Å². The molecule has 0 spiro atoms. The predicted molar refractivity (Wildman–Crippen MR) is 115 cm³/mol. The Kier molecular flexibility index (Phi) is 8.32. The second-order valence-corrected chi connectivity index (χ2v) is 8.22. The molecule has 1 unspecified atom stereocenters. The molecule has 2 amide bonds. The zero-order valence-electron chi connectivity index (χ0n) is 16.3. The van der Waals surface area contributed by atoms with E-state index in [1.807, 2.05) is 13.8 Å². The first kappa shape index (κ1) is 23.5. The first-order valence-corrected chi connectivity index (χ1v) is 10.2. The summed E-state index contributed by atoms with van der Waals surface area (Å²) in [5, 5.41) is 3.77. The van der Waals surface area contributed by atoms with Crippen molar-refractivity contribution in [2.75, 3.05) is 0 Å². The Morgan fingerprint density at radius 1 is 1.07 bits per heavy atom. The van der Waals surface area contributed by atoms with E-state index in [1.54, 1.807) is 25.1 Å². The molecule has 0 saturated carbocycles. The molecule has 2 aromatic carbocycles. The molecule has 8 heteroatoms. The van der Waals surface area contributed by atoms with Crippen LogP contribution in [0.1, 0.15) is 31.9 Å². The molecule has 29 heavy (non-hydrogen) atoms. The average molecular weight is 460 g/mol. The summed E-state index contributed by atoms with van der Waals surface area (Å²) in [4.78, 5) is 27.0. The lowest BCUT2D eigenvalue weighted by atomic mass is 10.1. The highest BCUT2D eigenvalue weighted by atomic mass is 35.5. The third-order valence-corrected chi connectivity index (χ3v) is 5.28. The van der Waals surface area contributed by atoms with Crippen molar-refractivity contribution in [3.8, 4) is 0 Å². The van der Waals surface area contributed by atoms with E-state index in [0.717, 1.165) is 0 Å². The van der Waals surface area contributed by atoms with Crippen molar-refractivity contribution in [1.29, 1.82) is 0 Å². The van der Waals surface area contributed by atoms with Crippen molar-refractivity contribution in [2.24, 2.45) is 0 Å². The van der Waals surface area contributed by atoms with E-state index in [9.17, 15) is 14.0 Å².